The topological polar surface area (TPSA) is 30.5 Å². The molecule has 106 valence electrons. The smallest absolute Gasteiger partial charge is 0.119 e. The van der Waals surface area contributed by atoms with Crippen molar-refractivity contribution in [2.75, 3.05) is 26.3 Å². The quantitative estimate of drug-likeness (QED) is 0.695. The summed E-state index contributed by atoms with van der Waals surface area (Å²) in [5.74, 6) is 0.959. The van der Waals surface area contributed by atoms with E-state index in [1.807, 2.05) is 30.3 Å². The van der Waals surface area contributed by atoms with E-state index in [2.05, 4.69) is 5.32 Å². The van der Waals surface area contributed by atoms with E-state index in [4.69, 9.17) is 9.47 Å². The lowest BCUT2D eigenvalue weighted by Gasteiger charge is -2.10. The van der Waals surface area contributed by atoms with E-state index in [9.17, 15) is 0 Å². The number of para-hydroxylation sites is 1. The number of rotatable bonds is 9. The Hall–Kier alpha value is -1.06. The first-order chi connectivity index (χ1) is 9.45. The molecule has 1 aromatic carbocycles. The molecule has 0 saturated carbocycles. The van der Waals surface area contributed by atoms with Gasteiger partial charge < -0.3 is 14.8 Å². The summed E-state index contributed by atoms with van der Waals surface area (Å²) in [7, 11) is 0. The summed E-state index contributed by atoms with van der Waals surface area (Å²) in [6.45, 7) is 3.86. The number of hydrogen-bond acceptors (Lipinski definition) is 3. The Balaban J connectivity index is 1.38. The van der Waals surface area contributed by atoms with Gasteiger partial charge in [-0.2, -0.15) is 0 Å². The highest BCUT2D eigenvalue weighted by Gasteiger charge is 2.14. The summed E-state index contributed by atoms with van der Waals surface area (Å²) in [4.78, 5) is 0. The van der Waals surface area contributed by atoms with Crippen molar-refractivity contribution in [1.82, 2.24) is 5.32 Å². The van der Waals surface area contributed by atoms with E-state index in [0.29, 0.717) is 6.10 Å². The van der Waals surface area contributed by atoms with Crippen molar-refractivity contribution in [3.63, 3.8) is 0 Å². The van der Waals surface area contributed by atoms with Crippen molar-refractivity contribution in [3.05, 3.63) is 30.3 Å². The van der Waals surface area contributed by atoms with Crippen molar-refractivity contribution in [1.29, 1.82) is 0 Å². The van der Waals surface area contributed by atoms with Gasteiger partial charge in [0.1, 0.15) is 5.75 Å². The first-order valence-electron chi connectivity index (χ1n) is 7.45. The molecule has 1 heterocycles. The third-order valence-corrected chi connectivity index (χ3v) is 3.41. The predicted molar refractivity (Wildman–Crippen MR) is 77.6 cm³/mol. The zero-order chi connectivity index (χ0) is 13.2. The molecule has 1 aliphatic heterocycles. The van der Waals surface area contributed by atoms with Crippen LogP contribution in [0.2, 0.25) is 0 Å². The van der Waals surface area contributed by atoms with Gasteiger partial charge in [-0.15, -0.1) is 0 Å². The molecule has 3 nitrogen and oxygen atoms in total. The van der Waals surface area contributed by atoms with Crippen LogP contribution in [-0.2, 0) is 4.74 Å². The average molecular weight is 263 g/mol. The molecule has 0 aromatic heterocycles. The summed E-state index contributed by atoms with van der Waals surface area (Å²) in [5.41, 5.74) is 0. The molecular weight excluding hydrogens is 238 g/mol. The minimum Gasteiger partial charge on any atom is -0.494 e. The lowest BCUT2D eigenvalue weighted by atomic mass is 10.1. The van der Waals surface area contributed by atoms with Gasteiger partial charge in [0.25, 0.3) is 0 Å². The lowest BCUT2D eigenvalue weighted by molar-refractivity contribution is 0.102. The highest BCUT2D eigenvalue weighted by molar-refractivity contribution is 5.20. The molecule has 0 bridgehead atoms. The molecule has 1 aromatic rings. The van der Waals surface area contributed by atoms with Gasteiger partial charge in [0, 0.05) is 6.61 Å². The second kappa shape index (κ2) is 8.94. The second-order valence-corrected chi connectivity index (χ2v) is 5.04. The maximum Gasteiger partial charge on any atom is 0.119 e. The molecule has 1 saturated heterocycles. The Morgan fingerprint density at radius 1 is 1.16 bits per heavy atom. The monoisotopic (exact) mass is 263 g/mol. The van der Waals surface area contributed by atoms with Crippen LogP contribution < -0.4 is 10.1 Å². The van der Waals surface area contributed by atoms with Gasteiger partial charge in [-0.05, 0) is 57.3 Å². The first kappa shape index (κ1) is 14.4. The number of ether oxygens (including phenoxy) is 2. The summed E-state index contributed by atoms with van der Waals surface area (Å²) < 4.78 is 11.2. The summed E-state index contributed by atoms with van der Waals surface area (Å²) in [6.07, 6.45) is 6.50. The van der Waals surface area contributed by atoms with Crippen LogP contribution in [0.15, 0.2) is 30.3 Å². The van der Waals surface area contributed by atoms with E-state index in [-0.39, 0.29) is 0 Å². The van der Waals surface area contributed by atoms with Gasteiger partial charge in [-0.25, -0.2) is 0 Å². The van der Waals surface area contributed by atoms with Crippen LogP contribution in [0, 0.1) is 0 Å². The van der Waals surface area contributed by atoms with Crippen molar-refractivity contribution in [2.45, 2.75) is 38.2 Å². The zero-order valence-corrected chi connectivity index (χ0v) is 11.6. The standard InChI is InChI=1S/C16H25NO2/c1-2-7-15(8-3-1)19-14-6-12-17-11-4-9-16-10-5-13-18-16/h1-3,7-8,16-17H,4-6,9-14H2. The fraction of sp³-hybridized carbons (Fsp3) is 0.625. The van der Waals surface area contributed by atoms with Gasteiger partial charge in [0.05, 0.1) is 12.7 Å². The van der Waals surface area contributed by atoms with Crippen LogP contribution >= 0.6 is 0 Å². The molecule has 19 heavy (non-hydrogen) atoms. The van der Waals surface area contributed by atoms with Crippen molar-refractivity contribution in [2.24, 2.45) is 0 Å². The molecule has 2 rings (SSSR count). The molecule has 1 unspecified atom stereocenters. The Bertz CT molecular complexity index is 323. The van der Waals surface area contributed by atoms with Gasteiger partial charge in [0.15, 0.2) is 0 Å². The van der Waals surface area contributed by atoms with E-state index in [1.165, 1.54) is 25.7 Å². The normalized spacial score (nSPS) is 18.6. The van der Waals surface area contributed by atoms with Crippen molar-refractivity contribution >= 4 is 0 Å². The van der Waals surface area contributed by atoms with Crippen LogP contribution in [0.3, 0.4) is 0 Å². The molecular formula is C16H25NO2. The fourth-order valence-corrected chi connectivity index (χ4v) is 2.36. The van der Waals surface area contributed by atoms with Gasteiger partial charge >= 0.3 is 0 Å². The summed E-state index contributed by atoms with van der Waals surface area (Å²) >= 11 is 0. The SMILES string of the molecule is c1ccc(OCCCNCCCC2CCCO2)cc1. The van der Waals surface area contributed by atoms with Crippen LogP contribution in [0.1, 0.15) is 32.1 Å². The Kier molecular flexibility index (Phi) is 6.75. The second-order valence-electron chi connectivity index (χ2n) is 5.04. The van der Waals surface area contributed by atoms with Crippen molar-refractivity contribution in [3.8, 4) is 5.75 Å². The van der Waals surface area contributed by atoms with Crippen LogP contribution in [-0.4, -0.2) is 32.4 Å². The lowest BCUT2D eigenvalue weighted by Crippen LogP contribution is -2.20. The van der Waals surface area contributed by atoms with Gasteiger partial charge in [-0.3, -0.25) is 0 Å². The Labute approximate surface area is 116 Å². The molecule has 0 radical (unpaired) electrons. The molecule has 1 fully saturated rings. The number of benzene rings is 1. The predicted octanol–water partition coefficient (Wildman–Crippen LogP) is 3.00. The fourth-order valence-electron chi connectivity index (χ4n) is 2.36. The highest BCUT2D eigenvalue weighted by atomic mass is 16.5. The molecule has 3 heteroatoms. The minimum atomic E-state index is 0.531. The summed E-state index contributed by atoms with van der Waals surface area (Å²) in [5, 5.41) is 3.46. The number of hydrogen-bond donors (Lipinski definition) is 1. The van der Waals surface area contributed by atoms with E-state index >= 15 is 0 Å². The first-order valence-corrected chi connectivity index (χ1v) is 7.45. The number of nitrogens with one attached hydrogen (secondary N) is 1. The Morgan fingerprint density at radius 3 is 2.79 bits per heavy atom. The molecule has 0 spiro atoms. The largest absolute Gasteiger partial charge is 0.494 e. The van der Waals surface area contributed by atoms with E-state index in [1.54, 1.807) is 0 Å². The third-order valence-electron chi connectivity index (χ3n) is 3.41. The molecule has 1 N–H and O–H groups in total. The van der Waals surface area contributed by atoms with Crippen LogP contribution in [0.4, 0.5) is 0 Å². The van der Waals surface area contributed by atoms with Crippen LogP contribution in [0.25, 0.3) is 0 Å². The molecule has 0 amide bonds. The van der Waals surface area contributed by atoms with Crippen LogP contribution in [0.5, 0.6) is 5.75 Å². The van der Waals surface area contributed by atoms with E-state index in [0.717, 1.165) is 38.5 Å². The molecule has 1 aliphatic rings. The molecule has 0 aliphatic carbocycles. The zero-order valence-electron chi connectivity index (χ0n) is 11.6. The van der Waals surface area contributed by atoms with Gasteiger partial charge in [0.2, 0.25) is 0 Å². The Morgan fingerprint density at radius 2 is 2.00 bits per heavy atom. The van der Waals surface area contributed by atoms with Gasteiger partial charge in [-0.1, -0.05) is 18.2 Å². The highest BCUT2D eigenvalue weighted by Crippen LogP contribution is 2.16. The molecule has 1 atom stereocenters. The maximum atomic E-state index is 5.63. The summed E-state index contributed by atoms with van der Waals surface area (Å²) in [6, 6.07) is 9.99. The third kappa shape index (κ3) is 6.08. The maximum absolute atomic E-state index is 5.63. The van der Waals surface area contributed by atoms with Crippen molar-refractivity contribution < 1.29 is 9.47 Å². The average Bonchev–Trinajstić information content (AvgIpc) is 2.96. The van der Waals surface area contributed by atoms with E-state index < -0.39 is 0 Å². The minimum absolute atomic E-state index is 0.531.